The van der Waals surface area contributed by atoms with Crippen molar-refractivity contribution in [3.63, 3.8) is 0 Å². The Hall–Kier alpha value is -1.40. The van der Waals surface area contributed by atoms with Crippen LogP contribution in [0.15, 0.2) is 34.7 Å². The van der Waals surface area contributed by atoms with E-state index in [1.807, 2.05) is 31.3 Å². The van der Waals surface area contributed by atoms with E-state index >= 15 is 0 Å². The number of hydrogen-bond donors (Lipinski definition) is 1. The van der Waals surface area contributed by atoms with E-state index in [9.17, 15) is 5.11 Å². The second kappa shape index (κ2) is 8.12. The van der Waals surface area contributed by atoms with Gasteiger partial charge in [0.15, 0.2) is 0 Å². The van der Waals surface area contributed by atoms with Gasteiger partial charge >= 0.3 is 0 Å². The number of furan rings is 1. The Labute approximate surface area is 143 Å². The number of likely N-dealkylation sites (N-methyl/N-ethyl adjacent to an activating group) is 1. The highest BCUT2D eigenvalue weighted by molar-refractivity contribution is 5.77. The number of ether oxygens (including phenoxy) is 2. The summed E-state index contributed by atoms with van der Waals surface area (Å²) in [4.78, 5) is 2.09. The first-order chi connectivity index (χ1) is 11.6. The van der Waals surface area contributed by atoms with Gasteiger partial charge in [0.1, 0.15) is 11.3 Å². The van der Waals surface area contributed by atoms with Crippen molar-refractivity contribution in [2.24, 2.45) is 0 Å². The van der Waals surface area contributed by atoms with Crippen molar-refractivity contribution in [3.05, 3.63) is 36.1 Å². The average Bonchev–Trinajstić information content (AvgIpc) is 3.04. The SMILES string of the molecule is CC(c1cc2ccccc2o1)N(C)CC(O)COC1CCOCC1. The summed E-state index contributed by atoms with van der Waals surface area (Å²) in [7, 11) is 2.00. The summed E-state index contributed by atoms with van der Waals surface area (Å²) in [6.45, 7) is 4.50. The second-order valence-corrected chi connectivity index (χ2v) is 6.60. The number of para-hydroxylation sites is 1. The summed E-state index contributed by atoms with van der Waals surface area (Å²) in [5, 5.41) is 11.4. The fourth-order valence-corrected chi connectivity index (χ4v) is 3.06. The number of hydrogen-bond acceptors (Lipinski definition) is 5. The third-order valence-electron chi connectivity index (χ3n) is 4.71. The van der Waals surface area contributed by atoms with Crippen LogP contribution in [-0.4, -0.2) is 55.6 Å². The minimum atomic E-state index is -0.510. The van der Waals surface area contributed by atoms with Gasteiger partial charge in [-0.2, -0.15) is 0 Å². The van der Waals surface area contributed by atoms with Crippen LogP contribution in [0.1, 0.15) is 31.6 Å². The van der Waals surface area contributed by atoms with E-state index in [2.05, 4.69) is 17.9 Å². The number of aliphatic hydroxyl groups is 1. The molecule has 0 radical (unpaired) electrons. The van der Waals surface area contributed by atoms with Gasteiger partial charge in [0.25, 0.3) is 0 Å². The highest BCUT2D eigenvalue weighted by Crippen LogP contribution is 2.26. The van der Waals surface area contributed by atoms with Gasteiger partial charge in [0, 0.05) is 25.1 Å². The van der Waals surface area contributed by atoms with Crippen LogP contribution in [0.2, 0.25) is 0 Å². The summed E-state index contributed by atoms with van der Waals surface area (Å²) in [6.07, 6.45) is 1.53. The van der Waals surface area contributed by atoms with Gasteiger partial charge in [0.05, 0.1) is 24.9 Å². The molecule has 0 bridgehead atoms. The van der Waals surface area contributed by atoms with Gasteiger partial charge in [-0.15, -0.1) is 0 Å². The standard InChI is InChI=1S/C19H27NO4/c1-14(19-11-15-5-3-4-6-18(15)24-19)20(2)12-16(21)13-23-17-7-9-22-10-8-17/h3-6,11,14,16-17,21H,7-10,12-13H2,1-2H3. The molecule has 0 amide bonds. The molecular weight excluding hydrogens is 306 g/mol. The highest BCUT2D eigenvalue weighted by atomic mass is 16.5. The molecule has 1 aromatic carbocycles. The van der Waals surface area contributed by atoms with Gasteiger partial charge in [0.2, 0.25) is 0 Å². The molecule has 0 saturated carbocycles. The smallest absolute Gasteiger partial charge is 0.134 e. The zero-order valence-corrected chi connectivity index (χ0v) is 14.5. The Bertz CT molecular complexity index is 602. The Morgan fingerprint density at radius 1 is 1.29 bits per heavy atom. The first-order valence-corrected chi connectivity index (χ1v) is 8.69. The molecule has 2 atom stereocenters. The van der Waals surface area contributed by atoms with Crippen LogP contribution in [0.5, 0.6) is 0 Å². The third kappa shape index (κ3) is 4.36. The predicted octanol–water partition coefficient (Wildman–Crippen LogP) is 2.98. The first kappa shape index (κ1) is 17.4. The summed E-state index contributed by atoms with van der Waals surface area (Å²) in [6, 6.07) is 10.2. The molecule has 5 heteroatoms. The van der Waals surface area contributed by atoms with Crippen molar-refractivity contribution in [2.45, 2.75) is 38.0 Å². The van der Waals surface area contributed by atoms with Crippen LogP contribution in [0, 0.1) is 0 Å². The molecule has 1 N–H and O–H groups in total. The Morgan fingerprint density at radius 2 is 2.04 bits per heavy atom. The topological polar surface area (TPSA) is 55.1 Å². The van der Waals surface area contributed by atoms with Crippen molar-refractivity contribution in [2.75, 3.05) is 33.4 Å². The van der Waals surface area contributed by atoms with Crippen LogP contribution in [0.4, 0.5) is 0 Å². The van der Waals surface area contributed by atoms with Gasteiger partial charge < -0.3 is 19.0 Å². The van der Waals surface area contributed by atoms with E-state index in [0.717, 1.165) is 42.8 Å². The van der Waals surface area contributed by atoms with E-state index < -0.39 is 6.10 Å². The Morgan fingerprint density at radius 3 is 2.79 bits per heavy atom. The molecule has 0 aliphatic carbocycles. The van der Waals surface area contributed by atoms with Crippen molar-refractivity contribution >= 4 is 11.0 Å². The Balaban J connectivity index is 1.50. The number of rotatable bonds is 7. The predicted molar refractivity (Wildman–Crippen MR) is 93.1 cm³/mol. The highest BCUT2D eigenvalue weighted by Gasteiger charge is 2.20. The van der Waals surface area contributed by atoms with Crippen LogP contribution in [-0.2, 0) is 9.47 Å². The quantitative estimate of drug-likeness (QED) is 0.844. The van der Waals surface area contributed by atoms with Gasteiger partial charge in [-0.05, 0) is 38.9 Å². The largest absolute Gasteiger partial charge is 0.459 e. The van der Waals surface area contributed by atoms with E-state index in [1.165, 1.54) is 0 Å². The molecule has 1 aliphatic heterocycles. The van der Waals surface area contributed by atoms with Crippen molar-refractivity contribution in [1.82, 2.24) is 4.90 Å². The van der Waals surface area contributed by atoms with Crippen molar-refractivity contribution < 1.29 is 19.0 Å². The molecule has 3 rings (SSSR count). The van der Waals surface area contributed by atoms with Crippen LogP contribution >= 0.6 is 0 Å². The minimum absolute atomic E-state index is 0.0927. The van der Waals surface area contributed by atoms with Crippen molar-refractivity contribution in [3.8, 4) is 0 Å². The molecule has 0 spiro atoms. The van der Waals surface area contributed by atoms with E-state index in [1.54, 1.807) is 0 Å². The molecular formula is C19H27NO4. The zero-order valence-electron chi connectivity index (χ0n) is 14.5. The second-order valence-electron chi connectivity index (χ2n) is 6.60. The molecule has 132 valence electrons. The number of fused-ring (bicyclic) bond motifs is 1. The summed E-state index contributed by atoms with van der Waals surface area (Å²) in [5.74, 6) is 0.913. The molecule has 2 unspecified atom stereocenters. The van der Waals surface area contributed by atoms with Crippen LogP contribution in [0.3, 0.4) is 0 Å². The Kier molecular flexibility index (Phi) is 5.89. The fraction of sp³-hybridized carbons (Fsp3) is 0.579. The number of nitrogens with zero attached hydrogens (tertiary/aromatic N) is 1. The van der Waals surface area contributed by atoms with Gasteiger partial charge in [-0.25, -0.2) is 0 Å². The maximum atomic E-state index is 10.3. The maximum Gasteiger partial charge on any atom is 0.134 e. The number of aliphatic hydroxyl groups excluding tert-OH is 1. The average molecular weight is 333 g/mol. The molecule has 24 heavy (non-hydrogen) atoms. The zero-order chi connectivity index (χ0) is 16.9. The van der Waals surface area contributed by atoms with E-state index in [4.69, 9.17) is 13.9 Å². The van der Waals surface area contributed by atoms with Gasteiger partial charge in [-0.3, -0.25) is 4.90 Å². The van der Waals surface area contributed by atoms with Crippen molar-refractivity contribution in [1.29, 1.82) is 0 Å². The lowest BCUT2D eigenvalue weighted by Gasteiger charge is -2.27. The third-order valence-corrected chi connectivity index (χ3v) is 4.71. The summed E-state index contributed by atoms with van der Waals surface area (Å²) in [5.41, 5.74) is 0.899. The summed E-state index contributed by atoms with van der Waals surface area (Å²) >= 11 is 0. The molecule has 1 fully saturated rings. The lowest BCUT2D eigenvalue weighted by Crippen LogP contribution is -2.35. The number of benzene rings is 1. The monoisotopic (exact) mass is 333 g/mol. The fourth-order valence-electron chi connectivity index (χ4n) is 3.06. The molecule has 1 aliphatic rings. The molecule has 1 saturated heterocycles. The molecule has 2 aromatic rings. The first-order valence-electron chi connectivity index (χ1n) is 8.69. The molecule has 2 heterocycles. The molecule has 5 nitrogen and oxygen atoms in total. The van der Waals surface area contributed by atoms with E-state index in [-0.39, 0.29) is 12.1 Å². The van der Waals surface area contributed by atoms with Gasteiger partial charge in [-0.1, -0.05) is 18.2 Å². The lowest BCUT2D eigenvalue weighted by molar-refractivity contribution is -0.0647. The van der Waals surface area contributed by atoms with Crippen LogP contribution < -0.4 is 0 Å². The lowest BCUT2D eigenvalue weighted by atomic mass is 10.1. The normalized spacial score (nSPS) is 19.0. The van der Waals surface area contributed by atoms with E-state index in [0.29, 0.717) is 13.2 Å². The minimum Gasteiger partial charge on any atom is -0.459 e. The molecule has 1 aromatic heterocycles. The van der Waals surface area contributed by atoms with Crippen LogP contribution in [0.25, 0.3) is 11.0 Å². The summed E-state index contributed by atoms with van der Waals surface area (Å²) < 4.78 is 17.0. The maximum absolute atomic E-state index is 10.3.